The van der Waals surface area contributed by atoms with E-state index in [1.165, 1.54) is 12.1 Å². The van der Waals surface area contributed by atoms with Crippen LogP contribution in [-0.4, -0.2) is 12.6 Å². The summed E-state index contributed by atoms with van der Waals surface area (Å²) in [5, 5.41) is 0. The minimum absolute atomic E-state index is 0.181. The molecule has 0 spiro atoms. The second kappa shape index (κ2) is 6.84. The van der Waals surface area contributed by atoms with E-state index in [0.717, 1.165) is 11.1 Å². The first kappa shape index (κ1) is 13.4. The molecule has 92 valence electrons. The van der Waals surface area contributed by atoms with Gasteiger partial charge in [0.2, 0.25) is 0 Å². The molecule has 1 rings (SSSR count). The lowest BCUT2D eigenvalue weighted by atomic mass is 10.1. The van der Waals surface area contributed by atoms with E-state index in [1.807, 2.05) is 13.0 Å². The maximum absolute atomic E-state index is 12.7. The van der Waals surface area contributed by atoms with Crippen molar-refractivity contribution in [1.82, 2.24) is 0 Å². The minimum atomic E-state index is -0.244. The van der Waals surface area contributed by atoms with Crippen molar-refractivity contribution in [1.29, 1.82) is 0 Å². The Bertz CT molecular complexity index is 393. The number of esters is 1. The fourth-order valence-electron chi connectivity index (χ4n) is 1.45. The number of hydrogen-bond donors (Lipinski definition) is 0. The molecule has 17 heavy (non-hydrogen) atoms. The van der Waals surface area contributed by atoms with E-state index >= 15 is 0 Å². The average molecular weight is 236 g/mol. The molecule has 0 aromatic heterocycles. The summed E-state index contributed by atoms with van der Waals surface area (Å²) in [5.74, 6) is -0.425. The van der Waals surface area contributed by atoms with E-state index in [0.29, 0.717) is 19.4 Å². The summed E-state index contributed by atoms with van der Waals surface area (Å²) < 4.78 is 17.5. The summed E-state index contributed by atoms with van der Waals surface area (Å²) in [6.45, 7) is 4.15. The van der Waals surface area contributed by atoms with Crippen LogP contribution >= 0.6 is 0 Å². The quantitative estimate of drug-likeness (QED) is 0.730. The Morgan fingerprint density at radius 1 is 1.29 bits per heavy atom. The molecule has 0 aliphatic rings. The maximum atomic E-state index is 12.7. The number of allylic oxidation sites excluding steroid dienone is 1. The van der Waals surface area contributed by atoms with Crippen molar-refractivity contribution in [2.75, 3.05) is 6.61 Å². The molecule has 3 heteroatoms. The van der Waals surface area contributed by atoms with Gasteiger partial charge in [-0.1, -0.05) is 23.8 Å². The van der Waals surface area contributed by atoms with Gasteiger partial charge in [-0.05, 0) is 38.0 Å². The van der Waals surface area contributed by atoms with Gasteiger partial charge in [0.05, 0.1) is 6.61 Å². The van der Waals surface area contributed by atoms with Gasteiger partial charge in [-0.3, -0.25) is 4.79 Å². The number of hydrogen-bond acceptors (Lipinski definition) is 2. The molecule has 0 fully saturated rings. The van der Waals surface area contributed by atoms with Gasteiger partial charge in [-0.15, -0.1) is 0 Å². The topological polar surface area (TPSA) is 26.3 Å². The Labute approximate surface area is 101 Å². The molecule has 1 aromatic carbocycles. The van der Waals surface area contributed by atoms with Gasteiger partial charge in [-0.2, -0.15) is 0 Å². The summed E-state index contributed by atoms with van der Waals surface area (Å²) in [6.07, 6.45) is 2.99. The van der Waals surface area contributed by atoms with Crippen LogP contribution < -0.4 is 0 Å². The lowest BCUT2D eigenvalue weighted by molar-refractivity contribution is -0.143. The molecule has 0 amide bonds. The van der Waals surface area contributed by atoms with Crippen LogP contribution in [0, 0.1) is 5.82 Å². The fourth-order valence-corrected chi connectivity index (χ4v) is 1.45. The highest BCUT2D eigenvalue weighted by atomic mass is 19.1. The van der Waals surface area contributed by atoms with Crippen molar-refractivity contribution < 1.29 is 13.9 Å². The predicted molar refractivity (Wildman–Crippen MR) is 65.9 cm³/mol. The van der Waals surface area contributed by atoms with Gasteiger partial charge in [0.15, 0.2) is 0 Å². The number of carbonyl (C=O) groups is 1. The number of carbonyl (C=O) groups excluding carboxylic acids is 1. The van der Waals surface area contributed by atoms with Crippen LogP contribution in [0.25, 0.3) is 6.08 Å². The summed E-state index contributed by atoms with van der Waals surface area (Å²) in [7, 11) is 0. The highest BCUT2D eigenvalue weighted by Gasteiger charge is 2.01. The number of rotatable bonds is 5. The van der Waals surface area contributed by atoms with E-state index in [1.54, 1.807) is 19.1 Å². The van der Waals surface area contributed by atoms with E-state index in [-0.39, 0.29) is 11.8 Å². The third-order valence-corrected chi connectivity index (χ3v) is 2.31. The normalized spacial score (nSPS) is 11.4. The van der Waals surface area contributed by atoms with E-state index in [2.05, 4.69) is 0 Å². The van der Waals surface area contributed by atoms with Crippen LogP contribution in [0.5, 0.6) is 0 Å². The van der Waals surface area contributed by atoms with Gasteiger partial charge in [0.25, 0.3) is 0 Å². The second-order valence-corrected chi connectivity index (χ2v) is 3.85. The summed E-state index contributed by atoms with van der Waals surface area (Å²) in [6, 6.07) is 6.27. The molecule has 0 bridgehead atoms. The lowest BCUT2D eigenvalue weighted by Gasteiger charge is -2.02. The van der Waals surface area contributed by atoms with Crippen molar-refractivity contribution in [3.8, 4) is 0 Å². The molecule has 0 aliphatic heterocycles. The lowest BCUT2D eigenvalue weighted by Crippen LogP contribution is -2.03. The Hall–Kier alpha value is -1.64. The Balaban J connectivity index is 2.49. The zero-order valence-corrected chi connectivity index (χ0v) is 10.2. The van der Waals surface area contributed by atoms with Gasteiger partial charge in [0.1, 0.15) is 5.82 Å². The summed E-state index contributed by atoms with van der Waals surface area (Å²) >= 11 is 0. The van der Waals surface area contributed by atoms with Crippen molar-refractivity contribution in [3.05, 3.63) is 41.2 Å². The molecular weight excluding hydrogens is 219 g/mol. The van der Waals surface area contributed by atoms with Crippen LogP contribution in [0.4, 0.5) is 4.39 Å². The molecule has 0 N–H and O–H groups in total. The minimum Gasteiger partial charge on any atom is -0.466 e. The van der Waals surface area contributed by atoms with Crippen molar-refractivity contribution >= 4 is 12.0 Å². The molecule has 0 heterocycles. The molecule has 0 saturated carbocycles. The van der Waals surface area contributed by atoms with Crippen LogP contribution in [0.15, 0.2) is 29.8 Å². The summed E-state index contributed by atoms with van der Waals surface area (Å²) in [5.41, 5.74) is 2.01. The van der Waals surface area contributed by atoms with Gasteiger partial charge in [0, 0.05) is 6.42 Å². The highest BCUT2D eigenvalue weighted by Crippen LogP contribution is 2.12. The molecule has 0 saturated heterocycles. The molecule has 2 nitrogen and oxygen atoms in total. The van der Waals surface area contributed by atoms with E-state index in [9.17, 15) is 9.18 Å². The Morgan fingerprint density at radius 2 is 1.94 bits per heavy atom. The van der Waals surface area contributed by atoms with Crippen molar-refractivity contribution in [3.63, 3.8) is 0 Å². The van der Waals surface area contributed by atoms with Crippen LogP contribution in [0.1, 0.15) is 32.3 Å². The zero-order valence-electron chi connectivity index (χ0n) is 10.2. The monoisotopic (exact) mass is 236 g/mol. The van der Waals surface area contributed by atoms with Gasteiger partial charge in [-0.25, -0.2) is 4.39 Å². The standard InChI is InChI=1S/C14H17FO2/c1-3-17-14(16)9-4-11(2)10-12-5-7-13(15)8-6-12/h5-8,10H,3-4,9H2,1-2H3/b11-10+. The highest BCUT2D eigenvalue weighted by molar-refractivity contribution is 5.70. The molecular formula is C14H17FO2. The number of ether oxygens (including phenoxy) is 1. The number of benzene rings is 1. The third-order valence-electron chi connectivity index (χ3n) is 2.31. The van der Waals surface area contributed by atoms with E-state index < -0.39 is 0 Å². The van der Waals surface area contributed by atoms with Crippen LogP contribution in [0.2, 0.25) is 0 Å². The Kier molecular flexibility index (Phi) is 5.40. The maximum Gasteiger partial charge on any atom is 0.306 e. The Morgan fingerprint density at radius 3 is 2.53 bits per heavy atom. The van der Waals surface area contributed by atoms with Crippen molar-refractivity contribution in [2.45, 2.75) is 26.7 Å². The largest absolute Gasteiger partial charge is 0.466 e. The van der Waals surface area contributed by atoms with Crippen molar-refractivity contribution in [2.24, 2.45) is 0 Å². The first-order valence-electron chi connectivity index (χ1n) is 5.70. The first-order chi connectivity index (χ1) is 8.11. The second-order valence-electron chi connectivity index (χ2n) is 3.85. The average Bonchev–Trinajstić information content (AvgIpc) is 2.30. The van der Waals surface area contributed by atoms with Crippen LogP contribution in [-0.2, 0) is 9.53 Å². The first-order valence-corrected chi connectivity index (χ1v) is 5.70. The van der Waals surface area contributed by atoms with Gasteiger partial charge < -0.3 is 4.74 Å². The fraction of sp³-hybridized carbons (Fsp3) is 0.357. The summed E-state index contributed by atoms with van der Waals surface area (Å²) in [4.78, 5) is 11.1. The molecule has 0 aliphatic carbocycles. The molecule has 0 unspecified atom stereocenters. The predicted octanol–water partition coefficient (Wildman–Crippen LogP) is 3.57. The van der Waals surface area contributed by atoms with Crippen LogP contribution in [0.3, 0.4) is 0 Å². The molecule has 1 aromatic rings. The molecule has 0 radical (unpaired) electrons. The smallest absolute Gasteiger partial charge is 0.306 e. The SMILES string of the molecule is CCOC(=O)CC/C(C)=C/c1ccc(F)cc1. The third kappa shape index (κ3) is 5.29. The van der Waals surface area contributed by atoms with Gasteiger partial charge >= 0.3 is 5.97 Å². The molecule has 0 atom stereocenters. The number of halogens is 1. The van der Waals surface area contributed by atoms with E-state index in [4.69, 9.17) is 4.74 Å². The zero-order chi connectivity index (χ0) is 12.7.